The van der Waals surface area contributed by atoms with E-state index in [1.807, 2.05) is 48.5 Å². The summed E-state index contributed by atoms with van der Waals surface area (Å²) in [5, 5.41) is 9.53. The molecule has 0 spiro atoms. The van der Waals surface area contributed by atoms with Crippen molar-refractivity contribution in [2.45, 2.75) is 12.8 Å². The Balaban J connectivity index is 1.14. The van der Waals surface area contributed by atoms with Gasteiger partial charge in [-0.1, -0.05) is 97.1 Å². The molecule has 0 amide bonds. The van der Waals surface area contributed by atoms with E-state index in [1.54, 1.807) is 0 Å². The van der Waals surface area contributed by atoms with Gasteiger partial charge in [-0.25, -0.2) is 4.79 Å². The van der Waals surface area contributed by atoms with Gasteiger partial charge in [0.2, 0.25) is 0 Å². The van der Waals surface area contributed by atoms with Gasteiger partial charge >= 0.3 is 6.16 Å². The Kier molecular flexibility index (Phi) is 5.96. The molecule has 0 fully saturated rings. The van der Waals surface area contributed by atoms with Crippen molar-refractivity contribution >= 4 is 49.2 Å². The minimum Gasteiger partial charge on any atom is -0.434 e. The lowest BCUT2D eigenvalue weighted by Gasteiger charge is -2.13. The molecule has 0 bridgehead atoms. The van der Waals surface area contributed by atoms with Gasteiger partial charge in [0, 0.05) is 12.8 Å². The number of fused-ring (bicyclic) bond motifs is 4. The summed E-state index contributed by atoms with van der Waals surface area (Å²) in [5.41, 5.74) is 2.39. The first kappa shape index (κ1) is 22.1. The predicted octanol–water partition coefficient (Wildman–Crippen LogP) is 8.24. The molecule has 6 aromatic carbocycles. The monoisotopic (exact) mass is 470 g/mol. The van der Waals surface area contributed by atoms with Crippen LogP contribution < -0.4 is 0 Å². The number of hydrogen-bond donors (Lipinski definition) is 0. The van der Waals surface area contributed by atoms with Crippen LogP contribution in [0.1, 0.15) is 11.1 Å². The van der Waals surface area contributed by atoms with Gasteiger partial charge in [-0.2, -0.15) is 0 Å². The maximum absolute atomic E-state index is 12.4. The zero-order valence-electron chi connectivity index (χ0n) is 19.9. The summed E-state index contributed by atoms with van der Waals surface area (Å²) in [7, 11) is 0. The highest BCUT2D eigenvalue weighted by Gasteiger charge is 2.12. The summed E-state index contributed by atoms with van der Waals surface area (Å²) < 4.78 is 11.0. The van der Waals surface area contributed by atoms with Crippen LogP contribution in [-0.2, 0) is 22.3 Å². The number of carbonyl (C=O) groups excluding carboxylic acids is 1. The molecule has 3 heteroatoms. The number of benzene rings is 6. The number of rotatable bonds is 6. The van der Waals surface area contributed by atoms with E-state index in [-0.39, 0.29) is 13.2 Å². The number of hydrogen-bond acceptors (Lipinski definition) is 3. The summed E-state index contributed by atoms with van der Waals surface area (Å²) in [6.45, 7) is 0.544. The van der Waals surface area contributed by atoms with Crippen molar-refractivity contribution in [1.82, 2.24) is 0 Å². The zero-order valence-corrected chi connectivity index (χ0v) is 19.9. The molecule has 0 heterocycles. The lowest BCUT2D eigenvalue weighted by Crippen LogP contribution is -2.12. The third-order valence-electron chi connectivity index (χ3n) is 6.91. The molecule has 0 radical (unpaired) electrons. The molecule has 0 aliphatic carbocycles. The van der Waals surface area contributed by atoms with Gasteiger partial charge in [0.15, 0.2) is 0 Å². The second-order valence-corrected chi connectivity index (χ2v) is 9.04. The van der Waals surface area contributed by atoms with Gasteiger partial charge in [-0.05, 0) is 66.3 Å². The molecule has 0 aliphatic rings. The highest BCUT2D eigenvalue weighted by molar-refractivity contribution is 6.03. The maximum atomic E-state index is 12.4. The van der Waals surface area contributed by atoms with Crippen molar-refractivity contribution in [1.29, 1.82) is 0 Å². The van der Waals surface area contributed by atoms with Crippen molar-refractivity contribution in [3.05, 3.63) is 120 Å². The van der Waals surface area contributed by atoms with Crippen LogP contribution in [0.2, 0.25) is 0 Å². The molecule has 0 aliphatic heterocycles. The smallest absolute Gasteiger partial charge is 0.434 e. The van der Waals surface area contributed by atoms with Gasteiger partial charge in [0.05, 0.1) is 13.2 Å². The van der Waals surface area contributed by atoms with E-state index in [4.69, 9.17) is 9.47 Å². The molecule has 0 N–H and O–H groups in total. The first-order chi connectivity index (χ1) is 17.8. The Bertz CT molecular complexity index is 1480. The fraction of sp³-hybridized carbons (Fsp3) is 0.121. The van der Waals surface area contributed by atoms with Gasteiger partial charge in [-0.3, -0.25) is 0 Å². The summed E-state index contributed by atoms with van der Waals surface area (Å²) in [5.74, 6) is 0. The minimum absolute atomic E-state index is 0.272. The Morgan fingerprint density at radius 3 is 1.11 bits per heavy atom. The van der Waals surface area contributed by atoms with E-state index < -0.39 is 6.16 Å². The van der Waals surface area contributed by atoms with Crippen LogP contribution in [-0.4, -0.2) is 19.4 Å². The summed E-state index contributed by atoms with van der Waals surface area (Å²) in [6.07, 6.45) is 0.639. The maximum Gasteiger partial charge on any atom is 0.508 e. The van der Waals surface area contributed by atoms with Crippen LogP contribution in [0.5, 0.6) is 0 Å². The molecular formula is C33H26O3. The Labute approximate surface area is 209 Å². The first-order valence-electron chi connectivity index (χ1n) is 12.4. The van der Waals surface area contributed by atoms with Crippen molar-refractivity contribution < 1.29 is 14.3 Å². The Morgan fingerprint density at radius 2 is 0.778 bits per heavy atom. The largest absolute Gasteiger partial charge is 0.508 e. The standard InChI is InChI=1S/C33H26O3/c34-33(35-19-17-31-27-13-5-1-9-23(27)21-24-10-2-6-14-28(24)31)36-20-18-32-29-15-7-3-11-25(29)22-26-12-4-8-16-30(26)32/h1-16,21-22H,17-20H2. The summed E-state index contributed by atoms with van der Waals surface area (Å²) in [6, 6.07) is 37.8. The Morgan fingerprint density at radius 1 is 0.472 bits per heavy atom. The van der Waals surface area contributed by atoms with E-state index >= 15 is 0 Å². The quantitative estimate of drug-likeness (QED) is 0.182. The lowest BCUT2D eigenvalue weighted by atomic mass is 9.95. The number of ether oxygens (including phenoxy) is 2. The molecule has 0 saturated heterocycles. The lowest BCUT2D eigenvalue weighted by molar-refractivity contribution is 0.0571. The summed E-state index contributed by atoms with van der Waals surface area (Å²) in [4.78, 5) is 12.4. The third kappa shape index (κ3) is 4.25. The zero-order chi connectivity index (χ0) is 24.3. The topological polar surface area (TPSA) is 35.5 Å². The molecule has 0 aromatic heterocycles. The van der Waals surface area contributed by atoms with Gasteiger partial charge < -0.3 is 9.47 Å². The van der Waals surface area contributed by atoms with E-state index in [9.17, 15) is 4.79 Å². The highest BCUT2D eigenvalue weighted by Crippen LogP contribution is 2.30. The van der Waals surface area contributed by atoms with E-state index in [1.165, 1.54) is 54.2 Å². The van der Waals surface area contributed by atoms with Gasteiger partial charge in [0.25, 0.3) is 0 Å². The molecule has 6 aromatic rings. The average Bonchev–Trinajstić information content (AvgIpc) is 2.92. The van der Waals surface area contributed by atoms with Crippen LogP contribution in [0.4, 0.5) is 4.79 Å². The SMILES string of the molecule is O=C(OCCc1c2ccccc2cc2ccccc12)OCCc1c2ccccc2cc2ccccc12. The molecule has 0 unspecified atom stereocenters. The first-order valence-corrected chi connectivity index (χ1v) is 12.4. The third-order valence-corrected chi connectivity index (χ3v) is 6.91. The average molecular weight is 471 g/mol. The van der Waals surface area contributed by atoms with Gasteiger partial charge in [-0.15, -0.1) is 0 Å². The second-order valence-electron chi connectivity index (χ2n) is 9.04. The fourth-order valence-electron chi connectivity index (χ4n) is 5.27. The fourth-order valence-corrected chi connectivity index (χ4v) is 5.27. The van der Waals surface area contributed by atoms with Crippen LogP contribution in [0.3, 0.4) is 0 Å². The van der Waals surface area contributed by atoms with Crippen molar-refractivity contribution in [3.8, 4) is 0 Å². The van der Waals surface area contributed by atoms with Crippen molar-refractivity contribution in [3.63, 3.8) is 0 Å². The molecule has 0 atom stereocenters. The molecule has 3 nitrogen and oxygen atoms in total. The van der Waals surface area contributed by atoms with Crippen molar-refractivity contribution in [2.75, 3.05) is 13.2 Å². The molecule has 6 rings (SSSR count). The number of carbonyl (C=O) groups is 1. The van der Waals surface area contributed by atoms with Crippen molar-refractivity contribution in [2.24, 2.45) is 0 Å². The van der Waals surface area contributed by atoms with E-state index in [0.717, 1.165) is 0 Å². The van der Waals surface area contributed by atoms with Crippen LogP contribution >= 0.6 is 0 Å². The van der Waals surface area contributed by atoms with E-state index in [2.05, 4.69) is 60.7 Å². The minimum atomic E-state index is -0.621. The van der Waals surface area contributed by atoms with Crippen LogP contribution in [0, 0.1) is 0 Å². The van der Waals surface area contributed by atoms with Crippen LogP contribution in [0.25, 0.3) is 43.1 Å². The molecule has 176 valence electrons. The normalized spacial score (nSPS) is 11.3. The van der Waals surface area contributed by atoms with E-state index in [0.29, 0.717) is 12.8 Å². The van der Waals surface area contributed by atoms with Gasteiger partial charge in [0.1, 0.15) is 0 Å². The molecular weight excluding hydrogens is 444 g/mol. The molecule has 36 heavy (non-hydrogen) atoms. The second kappa shape index (κ2) is 9.71. The highest BCUT2D eigenvalue weighted by atomic mass is 16.7. The molecule has 0 saturated carbocycles. The Hall–Kier alpha value is -4.37. The predicted molar refractivity (Wildman–Crippen MR) is 148 cm³/mol. The summed E-state index contributed by atoms with van der Waals surface area (Å²) >= 11 is 0. The van der Waals surface area contributed by atoms with Crippen LogP contribution in [0.15, 0.2) is 109 Å².